The molecule has 0 heterocycles. The van der Waals surface area contributed by atoms with Crippen LogP contribution in [0.15, 0.2) is 48.5 Å². The molecular weight excluding hydrogens is 440 g/mol. The molecule has 0 bridgehead atoms. The van der Waals surface area contributed by atoms with Gasteiger partial charge in [0.2, 0.25) is 0 Å². The normalized spacial score (nSPS) is 8.07. The summed E-state index contributed by atoms with van der Waals surface area (Å²) in [6, 6.07) is 15.1. The molecule has 0 aromatic heterocycles. The molecule has 0 fully saturated rings. The van der Waals surface area contributed by atoms with Gasteiger partial charge in [-0.25, -0.2) is 0 Å². The third-order valence-electron chi connectivity index (χ3n) is 2.44. The van der Waals surface area contributed by atoms with Crippen molar-refractivity contribution in [3.05, 3.63) is 48.5 Å². The summed E-state index contributed by atoms with van der Waals surface area (Å²) in [5.74, 6) is -8.74. The van der Waals surface area contributed by atoms with Gasteiger partial charge in [0.05, 0.1) is 35.3 Å². The quantitative estimate of drug-likeness (QED) is 0.165. The summed E-state index contributed by atoms with van der Waals surface area (Å²) < 4.78 is 0. The minimum atomic E-state index is -2.19. The number of hydrogen-bond donors (Lipinski definition) is 4. The molecule has 0 saturated heterocycles. The molecule has 10 N–H and O–H groups in total. The maximum atomic E-state index is 8.93. The van der Waals surface area contributed by atoms with E-state index in [4.69, 9.17) is 51.1 Å². The maximum absolute atomic E-state index is 8.93. The van der Waals surface area contributed by atoms with Gasteiger partial charge < -0.3 is 62.5 Å². The minimum Gasteiger partial charge on any atom is -0.543 e. The number of anilines is 2. The first-order chi connectivity index (χ1) is 12.9. The standard InChI is InChI=1S/2C6H8N2.2C2H2O4.Cu/c2*7-5-3-1-2-4-6(5)8;2*3-1(4)2(5)6;/h2*1-4H,7-8H2;2*(H,3,4)(H,5,6);/q;;;;+2/p-2. The molecule has 13 heteroatoms. The molecule has 0 aliphatic rings. The Balaban J connectivity index is -0.000000311. The molecule has 2 aromatic carbocycles. The summed E-state index contributed by atoms with van der Waals surface area (Å²) in [6.07, 6.45) is 0. The molecule has 29 heavy (non-hydrogen) atoms. The number of carboxylic acid groups (broad SMARTS) is 4. The zero-order valence-electron chi connectivity index (χ0n) is 14.8. The van der Waals surface area contributed by atoms with Crippen molar-refractivity contribution in [1.82, 2.24) is 0 Å². The SMILES string of the molecule is Nc1ccccc1[NH3+].Nc1ccccc1[NH3+].O=C([O-])C(=O)[O-].O=C([O-])C(=O)[O-].[Cu+2]. The number of carbonyl (C=O) groups excluding carboxylic acids is 4. The number of carbonyl (C=O) groups is 4. The molecule has 0 spiro atoms. The number of benzene rings is 2. The van der Waals surface area contributed by atoms with Crippen LogP contribution < -0.4 is 43.4 Å². The van der Waals surface area contributed by atoms with Gasteiger partial charge in [-0.05, 0) is 12.1 Å². The second-order valence-electron chi connectivity index (χ2n) is 4.55. The van der Waals surface area contributed by atoms with Gasteiger partial charge in [0.15, 0.2) is 11.4 Å². The monoisotopic (exact) mass is 457 g/mol. The molecule has 161 valence electrons. The summed E-state index contributed by atoms with van der Waals surface area (Å²) in [5.41, 5.74) is 21.6. The molecule has 1 radical (unpaired) electrons. The molecule has 0 unspecified atom stereocenters. The zero-order chi connectivity index (χ0) is 22.3. The van der Waals surface area contributed by atoms with Crippen LogP contribution in [-0.2, 0) is 36.2 Å². The Kier molecular flexibility index (Phi) is 17.2. The van der Waals surface area contributed by atoms with E-state index in [9.17, 15) is 0 Å². The summed E-state index contributed by atoms with van der Waals surface area (Å²) >= 11 is 0. The molecule has 2 rings (SSSR count). The van der Waals surface area contributed by atoms with Crippen LogP contribution in [0.2, 0.25) is 0 Å². The van der Waals surface area contributed by atoms with E-state index in [0.29, 0.717) is 0 Å². The van der Waals surface area contributed by atoms with Gasteiger partial charge in [0.25, 0.3) is 0 Å². The fraction of sp³-hybridized carbons (Fsp3) is 0. The smallest absolute Gasteiger partial charge is 0.543 e. The maximum Gasteiger partial charge on any atom is 2.00 e. The molecule has 0 atom stereocenters. The third-order valence-corrected chi connectivity index (χ3v) is 2.44. The second kappa shape index (κ2) is 16.5. The Morgan fingerprint density at radius 3 is 0.897 bits per heavy atom. The van der Waals surface area contributed by atoms with Crippen LogP contribution in [0.25, 0.3) is 0 Å². The largest absolute Gasteiger partial charge is 2.00 e. The Labute approximate surface area is 175 Å². The van der Waals surface area contributed by atoms with Crippen molar-refractivity contribution >= 4 is 46.6 Å². The Hall–Kier alpha value is -3.64. The predicted molar refractivity (Wildman–Crippen MR) is 86.8 cm³/mol. The van der Waals surface area contributed by atoms with Crippen molar-refractivity contribution in [3.63, 3.8) is 0 Å². The first-order valence-electron chi connectivity index (χ1n) is 7.07. The average Bonchev–Trinajstić information content (AvgIpc) is 2.61. The Morgan fingerprint density at radius 2 is 0.793 bits per heavy atom. The van der Waals surface area contributed by atoms with Crippen molar-refractivity contribution < 1.29 is 68.1 Å². The summed E-state index contributed by atoms with van der Waals surface area (Å²) in [7, 11) is 0. The molecule has 0 amide bonds. The van der Waals surface area contributed by atoms with Crippen molar-refractivity contribution in [3.8, 4) is 0 Å². The second-order valence-corrected chi connectivity index (χ2v) is 4.55. The molecule has 2 aromatic rings. The van der Waals surface area contributed by atoms with Crippen LogP contribution in [0.1, 0.15) is 0 Å². The van der Waals surface area contributed by atoms with E-state index in [1.807, 2.05) is 48.5 Å². The number of nitrogens with two attached hydrogens (primary N) is 2. The summed E-state index contributed by atoms with van der Waals surface area (Å²) in [4.78, 5) is 35.7. The van der Waals surface area contributed by atoms with Crippen LogP contribution in [0.5, 0.6) is 0 Å². The fourth-order valence-corrected chi connectivity index (χ4v) is 1.07. The van der Waals surface area contributed by atoms with E-state index < -0.39 is 23.9 Å². The van der Waals surface area contributed by atoms with Crippen molar-refractivity contribution in [2.75, 3.05) is 11.5 Å². The number of para-hydroxylation sites is 2. The average molecular weight is 458 g/mol. The first kappa shape index (κ1) is 30.1. The van der Waals surface area contributed by atoms with Crippen LogP contribution in [-0.4, -0.2) is 23.9 Å². The van der Waals surface area contributed by atoms with E-state index in [1.54, 1.807) is 0 Å². The van der Waals surface area contributed by atoms with Gasteiger partial charge in [-0.2, -0.15) is 0 Å². The topological polar surface area (TPSA) is 268 Å². The van der Waals surface area contributed by atoms with Crippen LogP contribution >= 0.6 is 0 Å². The Morgan fingerprint density at radius 1 is 0.586 bits per heavy atom. The number of aliphatic carboxylic acids is 4. The molecule has 12 nitrogen and oxygen atoms in total. The van der Waals surface area contributed by atoms with Gasteiger partial charge >= 0.3 is 17.1 Å². The molecular formula is C16H18CuN4O8. The number of carboxylic acids is 4. The number of rotatable bonds is 0. The summed E-state index contributed by atoms with van der Waals surface area (Å²) in [6.45, 7) is 0. The van der Waals surface area contributed by atoms with Crippen LogP contribution in [0.3, 0.4) is 0 Å². The van der Waals surface area contributed by atoms with E-state index in [0.717, 1.165) is 22.7 Å². The molecule has 0 saturated carbocycles. The minimum absolute atomic E-state index is 0. The first-order valence-corrected chi connectivity index (χ1v) is 7.07. The molecule has 0 aliphatic heterocycles. The van der Waals surface area contributed by atoms with E-state index >= 15 is 0 Å². The van der Waals surface area contributed by atoms with E-state index in [1.165, 1.54) is 0 Å². The van der Waals surface area contributed by atoms with E-state index in [2.05, 4.69) is 11.5 Å². The third kappa shape index (κ3) is 17.5. The van der Waals surface area contributed by atoms with Crippen LogP contribution in [0.4, 0.5) is 22.7 Å². The Bertz CT molecular complexity index is 684. The summed E-state index contributed by atoms with van der Waals surface area (Å²) in [5, 5.41) is 35.7. The number of hydrogen-bond acceptors (Lipinski definition) is 10. The van der Waals surface area contributed by atoms with Crippen molar-refractivity contribution in [1.29, 1.82) is 0 Å². The predicted octanol–water partition coefficient (Wildman–Crippen LogP) is -6.75. The van der Waals surface area contributed by atoms with Crippen molar-refractivity contribution in [2.45, 2.75) is 0 Å². The van der Waals surface area contributed by atoms with Crippen LogP contribution in [0, 0.1) is 0 Å². The van der Waals surface area contributed by atoms with Gasteiger partial charge in [-0.15, -0.1) is 0 Å². The van der Waals surface area contributed by atoms with Crippen molar-refractivity contribution in [2.24, 2.45) is 0 Å². The van der Waals surface area contributed by atoms with Gasteiger partial charge in [-0.3, -0.25) is 0 Å². The fourth-order valence-electron chi connectivity index (χ4n) is 1.07. The van der Waals surface area contributed by atoms with Gasteiger partial charge in [0, 0.05) is 12.1 Å². The zero-order valence-corrected chi connectivity index (χ0v) is 15.7. The van der Waals surface area contributed by atoms with Gasteiger partial charge in [-0.1, -0.05) is 24.3 Å². The van der Waals surface area contributed by atoms with Gasteiger partial charge in [0.1, 0.15) is 0 Å². The number of nitrogen functional groups attached to an aromatic ring is 2. The number of quaternary nitrogens is 2. The van der Waals surface area contributed by atoms with E-state index in [-0.39, 0.29) is 17.1 Å². The molecule has 0 aliphatic carbocycles.